The van der Waals surface area contributed by atoms with Crippen LogP contribution in [0.5, 0.6) is 0 Å². The molecule has 0 saturated carbocycles. The molecule has 1 saturated heterocycles. The Morgan fingerprint density at radius 1 is 1.47 bits per heavy atom. The molecule has 19 heavy (non-hydrogen) atoms. The van der Waals surface area contributed by atoms with Crippen LogP contribution in [0.3, 0.4) is 0 Å². The highest BCUT2D eigenvalue weighted by atomic mass is 79.9. The molecule has 1 aliphatic rings. The highest BCUT2D eigenvalue weighted by molar-refractivity contribution is 9.10. The summed E-state index contributed by atoms with van der Waals surface area (Å²) in [4.78, 5) is 0.187. The quantitative estimate of drug-likeness (QED) is 0.809. The van der Waals surface area contributed by atoms with E-state index in [1.165, 1.54) is 16.4 Å². The Hall–Kier alpha value is -0.630. The van der Waals surface area contributed by atoms with Crippen molar-refractivity contribution in [1.29, 1.82) is 0 Å². The Labute approximate surface area is 121 Å². The third-order valence-corrected chi connectivity index (χ3v) is 5.74. The number of hydrogen-bond donors (Lipinski definition) is 2. The zero-order valence-corrected chi connectivity index (χ0v) is 13.0. The van der Waals surface area contributed by atoms with Crippen LogP contribution in [0.25, 0.3) is 0 Å². The maximum atomic E-state index is 12.3. The minimum atomic E-state index is -3.54. The second kappa shape index (κ2) is 5.05. The fraction of sp³-hybridized carbons (Fsp3) is 0.500. The van der Waals surface area contributed by atoms with Gasteiger partial charge < -0.3 is 10.8 Å². The minimum absolute atomic E-state index is 0.158. The SMILES string of the molecule is CCCC1(O)CN(S(=O)(=O)c2ccc(N)c(Br)c2)C1. The van der Waals surface area contributed by atoms with Crippen molar-refractivity contribution in [3.8, 4) is 0 Å². The Bertz CT molecular complexity index is 583. The molecule has 1 heterocycles. The van der Waals surface area contributed by atoms with Gasteiger partial charge in [-0.3, -0.25) is 0 Å². The molecule has 2 rings (SSSR count). The van der Waals surface area contributed by atoms with Gasteiger partial charge in [0.15, 0.2) is 0 Å². The fourth-order valence-electron chi connectivity index (χ4n) is 2.22. The van der Waals surface area contributed by atoms with Crippen molar-refractivity contribution in [2.45, 2.75) is 30.3 Å². The highest BCUT2D eigenvalue weighted by Gasteiger charge is 2.46. The molecule has 3 N–H and O–H groups in total. The van der Waals surface area contributed by atoms with Crippen LogP contribution >= 0.6 is 15.9 Å². The van der Waals surface area contributed by atoms with Gasteiger partial charge in [0.25, 0.3) is 0 Å². The van der Waals surface area contributed by atoms with E-state index < -0.39 is 15.6 Å². The molecule has 0 amide bonds. The number of β-amino-alcohol motifs (C(OH)–C–C–N with tert-alkyl or cyclic N) is 1. The molecule has 0 bridgehead atoms. The van der Waals surface area contributed by atoms with Crippen molar-refractivity contribution >= 4 is 31.6 Å². The van der Waals surface area contributed by atoms with Crippen LogP contribution in [0, 0.1) is 0 Å². The van der Waals surface area contributed by atoms with Crippen LogP contribution in [0.1, 0.15) is 19.8 Å². The number of nitrogens with zero attached hydrogens (tertiary/aromatic N) is 1. The molecule has 0 unspecified atom stereocenters. The molecule has 0 atom stereocenters. The van der Waals surface area contributed by atoms with Crippen molar-refractivity contribution < 1.29 is 13.5 Å². The van der Waals surface area contributed by atoms with Crippen molar-refractivity contribution in [2.24, 2.45) is 0 Å². The second-order valence-electron chi connectivity index (χ2n) is 4.93. The lowest BCUT2D eigenvalue weighted by Crippen LogP contribution is -2.63. The van der Waals surface area contributed by atoms with Gasteiger partial charge in [0.1, 0.15) is 0 Å². The molecule has 7 heteroatoms. The number of anilines is 1. The average molecular weight is 349 g/mol. The number of rotatable bonds is 4. The van der Waals surface area contributed by atoms with Crippen LogP contribution in [-0.4, -0.2) is 36.5 Å². The number of nitrogen functional groups attached to an aromatic ring is 1. The standard InChI is InChI=1S/C12H17BrN2O3S/c1-2-5-12(16)7-15(8-12)19(17,18)9-3-4-11(14)10(13)6-9/h3-4,6,16H,2,5,7-8,14H2,1H3. The third kappa shape index (κ3) is 2.79. The maximum Gasteiger partial charge on any atom is 0.243 e. The van der Waals surface area contributed by atoms with E-state index in [0.717, 1.165) is 6.42 Å². The van der Waals surface area contributed by atoms with Gasteiger partial charge in [-0.05, 0) is 40.5 Å². The lowest BCUT2D eigenvalue weighted by Gasteiger charge is -2.45. The van der Waals surface area contributed by atoms with Crippen LogP contribution in [0.4, 0.5) is 5.69 Å². The number of aliphatic hydroxyl groups is 1. The van der Waals surface area contributed by atoms with E-state index in [2.05, 4.69) is 15.9 Å². The van der Waals surface area contributed by atoms with Gasteiger partial charge in [-0.15, -0.1) is 0 Å². The summed E-state index contributed by atoms with van der Waals surface area (Å²) in [7, 11) is -3.54. The summed E-state index contributed by atoms with van der Waals surface area (Å²) >= 11 is 3.22. The highest BCUT2D eigenvalue weighted by Crippen LogP contribution is 2.32. The van der Waals surface area contributed by atoms with Gasteiger partial charge in [-0.25, -0.2) is 8.42 Å². The molecule has 106 valence electrons. The van der Waals surface area contributed by atoms with E-state index in [-0.39, 0.29) is 18.0 Å². The van der Waals surface area contributed by atoms with Crippen molar-refractivity contribution in [2.75, 3.05) is 18.8 Å². The summed E-state index contributed by atoms with van der Waals surface area (Å²) in [6.07, 6.45) is 1.45. The number of benzene rings is 1. The third-order valence-electron chi connectivity index (χ3n) is 3.27. The number of nitrogens with two attached hydrogens (primary N) is 1. The molecule has 0 aromatic heterocycles. The van der Waals surface area contributed by atoms with Crippen molar-refractivity contribution in [3.63, 3.8) is 0 Å². The van der Waals surface area contributed by atoms with Crippen molar-refractivity contribution in [1.82, 2.24) is 4.31 Å². The van der Waals surface area contributed by atoms with Crippen LogP contribution in [-0.2, 0) is 10.0 Å². The summed E-state index contributed by atoms with van der Waals surface area (Å²) in [6.45, 7) is 2.28. The molecule has 0 radical (unpaired) electrons. The maximum absolute atomic E-state index is 12.3. The van der Waals surface area contributed by atoms with Gasteiger partial charge in [0.2, 0.25) is 10.0 Å². The first-order valence-electron chi connectivity index (χ1n) is 6.06. The van der Waals surface area contributed by atoms with E-state index in [1.54, 1.807) is 6.07 Å². The van der Waals surface area contributed by atoms with Gasteiger partial charge in [0, 0.05) is 23.2 Å². The summed E-state index contributed by atoms with van der Waals surface area (Å²) in [5.74, 6) is 0. The average Bonchev–Trinajstić information content (AvgIpc) is 2.29. The lowest BCUT2D eigenvalue weighted by atomic mass is 9.92. The van der Waals surface area contributed by atoms with Gasteiger partial charge in [0.05, 0.1) is 10.5 Å². The molecule has 5 nitrogen and oxygen atoms in total. The monoisotopic (exact) mass is 348 g/mol. The van der Waals surface area contributed by atoms with Gasteiger partial charge >= 0.3 is 0 Å². The predicted molar refractivity (Wildman–Crippen MR) is 77.2 cm³/mol. The van der Waals surface area contributed by atoms with E-state index in [4.69, 9.17) is 5.73 Å². The first kappa shape index (κ1) is 14.8. The minimum Gasteiger partial charge on any atom is -0.398 e. The van der Waals surface area contributed by atoms with Crippen LogP contribution < -0.4 is 5.73 Å². The zero-order chi connectivity index (χ0) is 14.3. The first-order chi connectivity index (χ1) is 8.78. The predicted octanol–water partition coefficient (Wildman–Crippen LogP) is 1.57. The van der Waals surface area contributed by atoms with Crippen LogP contribution in [0.15, 0.2) is 27.6 Å². The summed E-state index contributed by atoms with van der Waals surface area (Å²) < 4.78 is 26.5. The number of hydrogen-bond acceptors (Lipinski definition) is 4. The Kier molecular flexibility index (Phi) is 3.92. The molecule has 1 fully saturated rings. The van der Waals surface area contributed by atoms with Crippen LogP contribution in [0.2, 0.25) is 0 Å². The fourth-order valence-corrected chi connectivity index (χ4v) is 4.38. The lowest BCUT2D eigenvalue weighted by molar-refractivity contribution is -0.0653. The molecule has 1 aromatic carbocycles. The summed E-state index contributed by atoms with van der Waals surface area (Å²) in [5, 5.41) is 10.1. The molecule has 1 aromatic rings. The topological polar surface area (TPSA) is 83.6 Å². The number of halogens is 1. The molecule has 0 spiro atoms. The van der Waals surface area contributed by atoms with E-state index in [9.17, 15) is 13.5 Å². The molecule has 1 aliphatic heterocycles. The number of sulfonamides is 1. The van der Waals surface area contributed by atoms with Gasteiger partial charge in [-0.2, -0.15) is 4.31 Å². The Morgan fingerprint density at radius 3 is 2.63 bits per heavy atom. The zero-order valence-electron chi connectivity index (χ0n) is 10.6. The van der Waals surface area contributed by atoms with Crippen molar-refractivity contribution in [3.05, 3.63) is 22.7 Å². The summed E-state index contributed by atoms with van der Waals surface area (Å²) in [5.41, 5.74) is 5.26. The first-order valence-corrected chi connectivity index (χ1v) is 8.29. The summed E-state index contributed by atoms with van der Waals surface area (Å²) in [6, 6.07) is 4.52. The van der Waals surface area contributed by atoms with E-state index >= 15 is 0 Å². The van der Waals surface area contributed by atoms with E-state index in [0.29, 0.717) is 16.6 Å². The van der Waals surface area contributed by atoms with Gasteiger partial charge in [-0.1, -0.05) is 13.3 Å². The molecular formula is C12H17BrN2O3S. The second-order valence-corrected chi connectivity index (χ2v) is 7.72. The smallest absolute Gasteiger partial charge is 0.243 e. The molecule has 0 aliphatic carbocycles. The Morgan fingerprint density at radius 2 is 2.11 bits per heavy atom. The largest absolute Gasteiger partial charge is 0.398 e. The Balaban J connectivity index is 2.19. The molecular weight excluding hydrogens is 332 g/mol. The normalized spacial score (nSPS) is 19.1. The van der Waals surface area contributed by atoms with E-state index in [1.807, 2.05) is 6.92 Å².